The summed E-state index contributed by atoms with van der Waals surface area (Å²) in [7, 11) is 1.72. The zero-order valence-corrected chi connectivity index (χ0v) is 18.0. The van der Waals surface area contributed by atoms with Crippen molar-refractivity contribution in [1.82, 2.24) is 0 Å². The first kappa shape index (κ1) is 21.8. The number of nitrogens with zero attached hydrogens (tertiary/aromatic N) is 1. The third-order valence-electron chi connectivity index (χ3n) is 6.01. The van der Waals surface area contributed by atoms with E-state index in [1.165, 1.54) is 18.2 Å². The lowest BCUT2D eigenvalue weighted by Gasteiger charge is -2.34. The van der Waals surface area contributed by atoms with Crippen LogP contribution in [0.5, 0.6) is 0 Å². The minimum absolute atomic E-state index is 0.121. The molecule has 1 saturated heterocycles. The van der Waals surface area contributed by atoms with Crippen LogP contribution < -0.4 is 4.90 Å². The Morgan fingerprint density at radius 1 is 1.32 bits per heavy atom. The van der Waals surface area contributed by atoms with Gasteiger partial charge < -0.3 is 19.1 Å². The van der Waals surface area contributed by atoms with Crippen molar-refractivity contribution in [2.45, 2.75) is 57.8 Å². The Balaban J connectivity index is 1.76. The number of ether oxygens (including phenoxy) is 3. The Hall–Kier alpha value is -2.47. The number of hydrogen-bond acceptors (Lipinski definition) is 6. The van der Waals surface area contributed by atoms with Crippen LogP contribution in [0.4, 0.5) is 10.1 Å². The van der Waals surface area contributed by atoms with E-state index in [1.807, 2.05) is 5.94 Å². The van der Waals surface area contributed by atoms with Gasteiger partial charge in [0.2, 0.25) is 0 Å². The predicted molar refractivity (Wildman–Crippen MR) is 113 cm³/mol. The number of rotatable bonds is 7. The van der Waals surface area contributed by atoms with Gasteiger partial charge in [0.1, 0.15) is 17.5 Å². The second-order valence-corrected chi connectivity index (χ2v) is 8.32. The van der Waals surface area contributed by atoms with Crippen molar-refractivity contribution in [2.75, 3.05) is 25.2 Å². The molecule has 0 amide bonds. The monoisotopic (exact) mass is 429 g/mol. The number of anilines is 1. The fourth-order valence-electron chi connectivity index (χ4n) is 4.28. The van der Waals surface area contributed by atoms with Crippen molar-refractivity contribution >= 4 is 23.2 Å². The maximum atomic E-state index is 14.7. The molecule has 4 rings (SSSR count). The van der Waals surface area contributed by atoms with Gasteiger partial charge in [0.25, 0.3) is 0 Å². The molecule has 7 heteroatoms. The van der Waals surface area contributed by atoms with Crippen LogP contribution in [0.25, 0.3) is 5.57 Å². The number of esters is 1. The lowest BCUT2D eigenvalue weighted by molar-refractivity contribution is -0.192. The molecule has 2 atom stereocenters. The number of fused-ring (bicyclic) bond motifs is 1. The van der Waals surface area contributed by atoms with Crippen molar-refractivity contribution in [3.8, 4) is 0 Å². The molecular formula is C24H28FNO5. The Morgan fingerprint density at radius 3 is 2.77 bits per heavy atom. The Labute approximate surface area is 181 Å². The summed E-state index contributed by atoms with van der Waals surface area (Å²) >= 11 is 0. The highest BCUT2D eigenvalue weighted by Gasteiger charge is 2.35. The Morgan fingerprint density at radius 2 is 2.13 bits per heavy atom. The van der Waals surface area contributed by atoms with Gasteiger partial charge in [-0.2, -0.15) is 0 Å². The van der Waals surface area contributed by atoms with Crippen LogP contribution in [0, 0.1) is 11.7 Å². The summed E-state index contributed by atoms with van der Waals surface area (Å²) in [4.78, 5) is 25.9. The normalized spacial score (nSPS) is 21.8. The van der Waals surface area contributed by atoms with Gasteiger partial charge in [-0.3, -0.25) is 0 Å². The molecule has 0 N–H and O–H groups in total. The molecule has 0 spiro atoms. The molecule has 3 aliphatic rings. The third-order valence-corrected chi connectivity index (χ3v) is 6.01. The molecule has 1 aromatic carbocycles. The largest absolute Gasteiger partial charge is 0.461 e. The molecule has 2 fully saturated rings. The summed E-state index contributed by atoms with van der Waals surface area (Å²) in [6, 6.07) is 2.75. The lowest BCUT2D eigenvalue weighted by Crippen LogP contribution is -2.31. The van der Waals surface area contributed by atoms with E-state index in [9.17, 15) is 14.0 Å². The zero-order chi connectivity index (χ0) is 22.0. The first-order chi connectivity index (χ1) is 15.0. The van der Waals surface area contributed by atoms with Crippen LogP contribution in [-0.2, 0) is 23.8 Å². The molecule has 0 aromatic heterocycles. The molecule has 166 valence electrons. The minimum Gasteiger partial charge on any atom is -0.461 e. The standard InChI is InChI=1S/C24H28FNO5/c1-3-29-24(28)20-11-16(14-27)18-12-17(25)13-19(23(18)26(20)2)21(10-15-7-8-15)31-22-6-4-5-9-30-22/h11-13,15,21-22H,3-10H2,1-2H3. The number of benzene rings is 1. The van der Waals surface area contributed by atoms with Gasteiger partial charge in [-0.05, 0) is 56.7 Å². The average molecular weight is 429 g/mol. The fraction of sp³-hybridized carbons (Fsp3) is 0.542. The van der Waals surface area contributed by atoms with Gasteiger partial charge in [0.05, 0.1) is 24.0 Å². The first-order valence-electron chi connectivity index (χ1n) is 11.0. The van der Waals surface area contributed by atoms with Crippen LogP contribution in [-0.4, -0.2) is 38.5 Å². The number of carbonyl (C=O) groups excluding carboxylic acids is 2. The summed E-state index contributed by atoms with van der Waals surface area (Å²) < 4.78 is 32.0. The summed E-state index contributed by atoms with van der Waals surface area (Å²) in [5, 5.41) is 0. The third kappa shape index (κ3) is 4.74. The fourth-order valence-corrected chi connectivity index (χ4v) is 4.28. The smallest absolute Gasteiger partial charge is 0.354 e. The predicted octanol–water partition coefficient (Wildman–Crippen LogP) is 4.32. The molecular weight excluding hydrogens is 401 g/mol. The van der Waals surface area contributed by atoms with Crippen LogP contribution in [0.3, 0.4) is 0 Å². The van der Waals surface area contributed by atoms with E-state index in [2.05, 4.69) is 0 Å². The van der Waals surface area contributed by atoms with Crippen LogP contribution in [0.1, 0.15) is 62.7 Å². The maximum Gasteiger partial charge on any atom is 0.354 e. The molecule has 2 unspecified atom stereocenters. The van der Waals surface area contributed by atoms with E-state index in [4.69, 9.17) is 14.2 Å². The summed E-state index contributed by atoms with van der Waals surface area (Å²) in [6.07, 6.45) is 6.45. The Bertz CT molecular complexity index is 926. The van der Waals surface area contributed by atoms with Crippen molar-refractivity contribution in [2.24, 2.45) is 5.92 Å². The lowest BCUT2D eigenvalue weighted by atomic mass is 9.91. The van der Waals surface area contributed by atoms with Gasteiger partial charge >= 0.3 is 5.97 Å². The van der Waals surface area contributed by atoms with Gasteiger partial charge in [0, 0.05) is 24.8 Å². The zero-order valence-electron chi connectivity index (χ0n) is 18.0. The number of allylic oxidation sites excluding steroid dienone is 2. The second kappa shape index (κ2) is 9.35. The molecule has 31 heavy (non-hydrogen) atoms. The molecule has 1 aliphatic carbocycles. The molecule has 2 aliphatic heterocycles. The van der Waals surface area contributed by atoms with Crippen LogP contribution in [0.2, 0.25) is 0 Å². The van der Waals surface area contributed by atoms with E-state index in [-0.39, 0.29) is 24.2 Å². The van der Waals surface area contributed by atoms with Gasteiger partial charge in [0.15, 0.2) is 6.29 Å². The summed E-state index contributed by atoms with van der Waals surface area (Å²) in [5.41, 5.74) is 1.91. The summed E-state index contributed by atoms with van der Waals surface area (Å²) in [5.74, 6) is 1.37. The Kier molecular flexibility index (Phi) is 6.56. The number of likely N-dealkylation sites (N-methyl/N-ethyl adjacent to an activating group) is 1. The quantitative estimate of drug-likeness (QED) is 0.475. The van der Waals surface area contributed by atoms with E-state index < -0.39 is 17.9 Å². The second-order valence-electron chi connectivity index (χ2n) is 8.32. The van der Waals surface area contributed by atoms with E-state index >= 15 is 0 Å². The highest BCUT2D eigenvalue weighted by Crippen LogP contribution is 2.46. The minimum atomic E-state index is -0.547. The topological polar surface area (TPSA) is 65.1 Å². The molecule has 1 saturated carbocycles. The van der Waals surface area contributed by atoms with Crippen molar-refractivity contribution in [3.63, 3.8) is 0 Å². The molecule has 0 radical (unpaired) electrons. The molecule has 2 heterocycles. The van der Waals surface area contributed by atoms with Crippen LogP contribution in [0.15, 0.2) is 23.9 Å². The summed E-state index contributed by atoms with van der Waals surface area (Å²) in [6.45, 7) is 2.58. The van der Waals surface area contributed by atoms with Crippen molar-refractivity contribution in [1.29, 1.82) is 0 Å². The van der Waals surface area contributed by atoms with Crippen molar-refractivity contribution < 1.29 is 28.2 Å². The van der Waals surface area contributed by atoms with Gasteiger partial charge in [-0.25, -0.2) is 14.0 Å². The van der Waals surface area contributed by atoms with E-state index in [0.29, 0.717) is 29.3 Å². The molecule has 6 nitrogen and oxygen atoms in total. The highest BCUT2D eigenvalue weighted by molar-refractivity contribution is 6.07. The number of halogens is 1. The van der Waals surface area contributed by atoms with Crippen molar-refractivity contribution in [3.05, 3.63) is 40.8 Å². The first-order valence-corrected chi connectivity index (χ1v) is 11.0. The van der Waals surface area contributed by atoms with E-state index in [1.54, 1.807) is 18.9 Å². The van der Waals surface area contributed by atoms with Gasteiger partial charge in [-0.1, -0.05) is 12.8 Å². The molecule has 0 bridgehead atoms. The van der Waals surface area contributed by atoms with Gasteiger partial charge in [-0.15, -0.1) is 0 Å². The maximum absolute atomic E-state index is 14.7. The average Bonchev–Trinajstić information content (AvgIpc) is 3.58. The number of carbonyl (C=O) groups is 1. The number of hydrogen-bond donors (Lipinski definition) is 0. The SMILES string of the molecule is CCOC(=O)C1=CC(=C=O)c2cc(F)cc(C(CC3CC3)OC3CCCCO3)c2N1C. The van der Waals surface area contributed by atoms with E-state index in [0.717, 1.165) is 38.5 Å². The highest BCUT2D eigenvalue weighted by atomic mass is 19.1. The van der Waals surface area contributed by atoms with Crippen LogP contribution >= 0.6 is 0 Å². The molecule has 1 aromatic rings.